The summed E-state index contributed by atoms with van der Waals surface area (Å²) in [4.78, 5) is 21.6. The van der Waals surface area contributed by atoms with Gasteiger partial charge in [0.1, 0.15) is 5.69 Å². The zero-order chi connectivity index (χ0) is 14.5. The lowest BCUT2D eigenvalue weighted by Crippen LogP contribution is -2.20. The molecule has 7 heteroatoms. The summed E-state index contributed by atoms with van der Waals surface area (Å²) in [6.07, 6.45) is 2.11. The number of para-hydroxylation sites is 1. The second kappa shape index (κ2) is 6.60. The van der Waals surface area contributed by atoms with Crippen LogP contribution in [0.4, 0.5) is 11.4 Å². The van der Waals surface area contributed by atoms with Gasteiger partial charge in [-0.3, -0.25) is 10.1 Å². The van der Waals surface area contributed by atoms with E-state index in [4.69, 9.17) is 5.11 Å². The molecule has 0 aromatic heterocycles. The van der Waals surface area contributed by atoms with E-state index in [1.807, 2.05) is 11.8 Å². The van der Waals surface area contributed by atoms with Crippen molar-refractivity contribution in [3.05, 3.63) is 33.9 Å². The van der Waals surface area contributed by atoms with Crippen molar-refractivity contribution in [2.45, 2.75) is 12.8 Å². The highest BCUT2D eigenvalue weighted by Gasteiger charge is 2.22. The molecule has 1 aliphatic rings. The van der Waals surface area contributed by atoms with Crippen LogP contribution in [-0.4, -0.2) is 34.0 Å². The predicted molar refractivity (Wildman–Crippen MR) is 78.6 cm³/mol. The lowest BCUT2D eigenvalue weighted by Gasteiger charge is -2.22. The van der Waals surface area contributed by atoms with Gasteiger partial charge in [-0.05, 0) is 36.3 Å². The Morgan fingerprint density at radius 1 is 1.45 bits per heavy atom. The van der Waals surface area contributed by atoms with Gasteiger partial charge in [0.15, 0.2) is 0 Å². The van der Waals surface area contributed by atoms with Crippen LogP contribution in [-0.2, 0) is 0 Å². The molecule has 0 spiro atoms. The van der Waals surface area contributed by atoms with E-state index in [2.05, 4.69) is 5.32 Å². The molecule has 1 heterocycles. The summed E-state index contributed by atoms with van der Waals surface area (Å²) in [5, 5.41) is 23.1. The van der Waals surface area contributed by atoms with Crippen LogP contribution in [0.15, 0.2) is 18.2 Å². The Morgan fingerprint density at radius 2 is 2.15 bits per heavy atom. The number of hydrogen-bond donors (Lipinski definition) is 2. The average Bonchev–Trinajstić information content (AvgIpc) is 2.45. The fourth-order valence-corrected chi connectivity index (χ4v) is 3.46. The van der Waals surface area contributed by atoms with E-state index >= 15 is 0 Å². The van der Waals surface area contributed by atoms with Crippen LogP contribution in [0.3, 0.4) is 0 Å². The van der Waals surface area contributed by atoms with Crippen LogP contribution in [0.5, 0.6) is 0 Å². The Balaban J connectivity index is 2.19. The normalized spacial score (nSPS) is 15.8. The number of nitrogens with zero attached hydrogens (tertiary/aromatic N) is 1. The number of aromatic carboxylic acids is 1. The van der Waals surface area contributed by atoms with Crippen LogP contribution in [0.1, 0.15) is 23.2 Å². The standard InChI is InChI=1S/C13H16N2O4S/c16-13(17)10-2-1-3-11(15(18)19)12(10)14-8-9-4-6-20-7-5-9/h1-3,9,14H,4-8H2,(H,16,17). The van der Waals surface area contributed by atoms with E-state index in [0.717, 1.165) is 24.3 Å². The minimum Gasteiger partial charge on any atom is -0.478 e. The smallest absolute Gasteiger partial charge is 0.338 e. The summed E-state index contributed by atoms with van der Waals surface area (Å²) in [7, 11) is 0. The highest BCUT2D eigenvalue weighted by molar-refractivity contribution is 7.99. The number of carbonyl (C=O) groups is 1. The van der Waals surface area contributed by atoms with Gasteiger partial charge in [-0.15, -0.1) is 0 Å². The second-order valence-corrected chi connectivity index (χ2v) is 5.92. The van der Waals surface area contributed by atoms with Crippen LogP contribution < -0.4 is 5.32 Å². The molecule has 0 aliphatic carbocycles. The third kappa shape index (κ3) is 3.41. The molecule has 0 unspecified atom stereocenters. The van der Waals surface area contributed by atoms with Crippen LogP contribution in [0.25, 0.3) is 0 Å². The Morgan fingerprint density at radius 3 is 2.75 bits per heavy atom. The maximum absolute atomic E-state index is 11.2. The first-order valence-electron chi connectivity index (χ1n) is 6.42. The molecule has 1 fully saturated rings. The molecule has 0 saturated carbocycles. The van der Waals surface area contributed by atoms with Gasteiger partial charge >= 0.3 is 5.97 Å². The molecule has 0 amide bonds. The number of carboxylic acid groups (broad SMARTS) is 1. The van der Waals surface area contributed by atoms with Gasteiger partial charge in [-0.1, -0.05) is 6.07 Å². The number of benzene rings is 1. The first-order chi connectivity index (χ1) is 9.59. The van der Waals surface area contributed by atoms with Gasteiger partial charge in [0.2, 0.25) is 0 Å². The third-order valence-electron chi connectivity index (χ3n) is 3.38. The van der Waals surface area contributed by atoms with Gasteiger partial charge in [-0.2, -0.15) is 11.8 Å². The molecule has 0 atom stereocenters. The number of rotatable bonds is 5. The second-order valence-electron chi connectivity index (χ2n) is 4.70. The molecule has 0 radical (unpaired) electrons. The molecule has 20 heavy (non-hydrogen) atoms. The van der Waals surface area contributed by atoms with Gasteiger partial charge in [-0.25, -0.2) is 4.79 Å². The SMILES string of the molecule is O=C(O)c1cccc([N+](=O)[O-])c1NCC1CCSCC1. The van der Waals surface area contributed by atoms with Crippen LogP contribution in [0, 0.1) is 16.0 Å². The highest BCUT2D eigenvalue weighted by atomic mass is 32.2. The van der Waals surface area contributed by atoms with Crippen LogP contribution in [0.2, 0.25) is 0 Å². The molecule has 2 rings (SSSR count). The zero-order valence-electron chi connectivity index (χ0n) is 10.9. The maximum Gasteiger partial charge on any atom is 0.338 e. The molecule has 2 N–H and O–H groups in total. The molecule has 1 aromatic rings. The average molecular weight is 296 g/mol. The lowest BCUT2D eigenvalue weighted by atomic mass is 10.0. The predicted octanol–water partition coefficient (Wildman–Crippen LogP) is 2.85. The number of nitro groups is 1. The lowest BCUT2D eigenvalue weighted by molar-refractivity contribution is -0.384. The quantitative estimate of drug-likeness (QED) is 0.641. The zero-order valence-corrected chi connectivity index (χ0v) is 11.7. The number of hydrogen-bond acceptors (Lipinski definition) is 5. The van der Waals surface area contributed by atoms with Gasteiger partial charge < -0.3 is 10.4 Å². The van der Waals surface area contributed by atoms with Crippen molar-refractivity contribution in [3.63, 3.8) is 0 Å². The monoisotopic (exact) mass is 296 g/mol. The Kier molecular flexibility index (Phi) is 4.84. The molecular weight excluding hydrogens is 280 g/mol. The molecule has 108 valence electrons. The summed E-state index contributed by atoms with van der Waals surface area (Å²) >= 11 is 1.91. The Bertz CT molecular complexity index is 483. The summed E-state index contributed by atoms with van der Waals surface area (Å²) in [6.45, 7) is 0.575. The van der Waals surface area contributed by atoms with E-state index in [0.29, 0.717) is 12.5 Å². The number of anilines is 1. The van der Waals surface area contributed by atoms with Crippen molar-refractivity contribution in [2.24, 2.45) is 5.92 Å². The molecule has 1 aliphatic heterocycles. The van der Waals surface area contributed by atoms with E-state index in [9.17, 15) is 14.9 Å². The molecular formula is C13H16N2O4S. The first-order valence-corrected chi connectivity index (χ1v) is 7.57. The topological polar surface area (TPSA) is 92.5 Å². The number of carboxylic acids is 1. The molecule has 1 saturated heterocycles. The maximum atomic E-state index is 11.2. The largest absolute Gasteiger partial charge is 0.478 e. The minimum atomic E-state index is -1.16. The molecule has 0 bridgehead atoms. The first kappa shape index (κ1) is 14.6. The van der Waals surface area contributed by atoms with E-state index in [1.54, 1.807) is 0 Å². The number of nitrogens with one attached hydrogen (secondary N) is 1. The van der Waals surface area contributed by atoms with Crippen molar-refractivity contribution >= 4 is 29.1 Å². The highest BCUT2D eigenvalue weighted by Crippen LogP contribution is 2.30. The Hall–Kier alpha value is -1.76. The summed E-state index contributed by atoms with van der Waals surface area (Å²) in [6, 6.07) is 4.10. The van der Waals surface area contributed by atoms with E-state index < -0.39 is 10.9 Å². The van der Waals surface area contributed by atoms with Gasteiger partial charge in [0, 0.05) is 12.6 Å². The van der Waals surface area contributed by atoms with Crippen molar-refractivity contribution in [2.75, 3.05) is 23.4 Å². The summed E-state index contributed by atoms with van der Waals surface area (Å²) in [5.41, 5.74) is -0.123. The summed E-state index contributed by atoms with van der Waals surface area (Å²) < 4.78 is 0. The minimum absolute atomic E-state index is 0.0515. The number of nitro benzene ring substituents is 1. The third-order valence-corrected chi connectivity index (χ3v) is 4.43. The van der Waals surface area contributed by atoms with Crippen molar-refractivity contribution in [3.8, 4) is 0 Å². The molecule has 1 aromatic carbocycles. The Labute approximate surface area is 120 Å². The van der Waals surface area contributed by atoms with Gasteiger partial charge in [0.25, 0.3) is 5.69 Å². The van der Waals surface area contributed by atoms with Crippen molar-refractivity contribution in [1.29, 1.82) is 0 Å². The van der Waals surface area contributed by atoms with Crippen molar-refractivity contribution < 1.29 is 14.8 Å². The van der Waals surface area contributed by atoms with E-state index in [-0.39, 0.29) is 16.9 Å². The fourth-order valence-electron chi connectivity index (χ4n) is 2.25. The van der Waals surface area contributed by atoms with Gasteiger partial charge in [0.05, 0.1) is 10.5 Å². The fraction of sp³-hybridized carbons (Fsp3) is 0.462. The number of thioether (sulfide) groups is 1. The van der Waals surface area contributed by atoms with E-state index in [1.165, 1.54) is 18.2 Å². The van der Waals surface area contributed by atoms with Crippen molar-refractivity contribution in [1.82, 2.24) is 0 Å². The summed E-state index contributed by atoms with van der Waals surface area (Å²) in [5.74, 6) is 1.47. The van der Waals surface area contributed by atoms with Crippen LogP contribution >= 0.6 is 11.8 Å². The molecule has 6 nitrogen and oxygen atoms in total.